The number of nitrogens with one attached hydrogen (secondary N) is 1. The van der Waals surface area contributed by atoms with Crippen LogP contribution in [0.2, 0.25) is 0 Å². The number of hydrogen-bond donors (Lipinski definition) is 1. The van der Waals surface area contributed by atoms with Gasteiger partial charge in [-0.25, -0.2) is 0 Å². The van der Waals surface area contributed by atoms with Crippen molar-refractivity contribution in [1.29, 1.82) is 5.26 Å². The highest BCUT2D eigenvalue weighted by atomic mass is 79.9. The van der Waals surface area contributed by atoms with E-state index in [1.54, 1.807) is 18.2 Å². The average Bonchev–Trinajstić information content (AvgIpc) is 2.82. The SMILES string of the molecule is N#Cc1ccc(NCC2CCN(CC(F)(F)F)C2)cc1Br. The van der Waals surface area contributed by atoms with Crippen molar-refractivity contribution in [2.45, 2.75) is 12.6 Å². The number of halogens is 4. The molecule has 7 heteroatoms. The van der Waals surface area contributed by atoms with Crippen molar-refractivity contribution in [2.75, 3.05) is 31.5 Å². The number of likely N-dealkylation sites (tertiary alicyclic amines) is 1. The standard InChI is InChI=1S/C14H15BrF3N3/c15-13-5-12(2-1-11(13)6-19)20-7-10-3-4-21(8-10)9-14(16,17)18/h1-2,5,10,20H,3-4,7-9H2. The Bertz CT molecular complexity index is 539. The van der Waals surface area contributed by atoms with E-state index >= 15 is 0 Å². The van der Waals surface area contributed by atoms with Crippen LogP contribution in [0.3, 0.4) is 0 Å². The lowest BCUT2D eigenvalue weighted by atomic mass is 10.1. The summed E-state index contributed by atoms with van der Waals surface area (Å²) in [4.78, 5) is 1.45. The Morgan fingerprint density at radius 1 is 1.43 bits per heavy atom. The number of benzene rings is 1. The number of alkyl halides is 3. The van der Waals surface area contributed by atoms with Gasteiger partial charge in [-0.2, -0.15) is 18.4 Å². The molecule has 0 radical (unpaired) electrons. The second-order valence-corrected chi connectivity index (χ2v) is 6.05. The summed E-state index contributed by atoms with van der Waals surface area (Å²) in [5.74, 6) is 0.210. The molecule has 1 heterocycles. The fourth-order valence-electron chi connectivity index (χ4n) is 2.45. The van der Waals surface area contributed by atoms with Gasteiger partial charge in [-0.05, 0) is 53.0 Å². The molecule has 0 bridgehead atoms. The van der Waals surface area contributed by atoms with Crippen molar-refractivity contribution in [3.63, 3.8) is 0 Å². The Hall–Kier alpha value is -1.26. The predicted octanol–water partition coefficient (Wildman–Crippen LogP) is 3.62. The van der Waals surface area contributed by atoms with Gasteiger partial charge < -0.3 is 5.32 Å². The Labute approximate surface area is 129 Å². The zero-order valence-corrected chi connectivity index (χ0v) is 12.8. The van der Waals surface area contributed by atoms with Crippen LogP contribution in [0.15, 0.2) is 22.7 Å². The zero-order valence-electron chi connectivity index (χ0n) is 11.3. The normalized spacial score (nSPS) is 19.5. The molecule has 0 saturated carbocycles. The molecule has 1 atom stereocenters. The molecule has 1 N–H and O–H groups in total. The molecule has 1 saturated heterocycles. The average molecular weight is 362 g/mol. The van der Waals surface area contributed by atoms with E-state index in [-0.39, 0.29) is 5.92 Å². The van der Waals surface area contributed by atoms with E-state index in [1.165, 1.54) is 4.90 Å². The lowest BCUT2D eigenvalue weighted by Gasteiger charge is -2.18. The summed E-state index contributed by atoms with van der Waals surface area (Å²) >= 11 is 3.31. The molecule has 114 valence electrons. The fourth-order valence-corrected chi connectivity index (χ4v) is 2.92. The molecule has 1 aromatic rings. The Morgan fingerprint density at radius 3 is 2.81 bits per heavy atom. The number of nitriles is 1. The fraction of sp³-hybridized carbons (Fsp3) is 0.500. The van der Waals surface area contributed by atoms with Crippen LogP contribution in [0.25, 0.3) is 0 Å². The van der Waals surface area contributed by atoms with Gasteiger partial charge in [0, 0.05) is 23.2 Å². The van der Waals surface area contributed by atoms with Gasteiger partial charge in [0.05, 0.1) is 12.1 Å². The van der Waals surface area contributed by atoms with E-state index < -0.39 is 12.7 Å². The summed E-state index contributed by atoms with van der Waals surface area (Å²) in [6, 6.07) is 7.37. The largest absolute Gasteiger partial charge is 0.401 e. The van der Waals surface area contributed by atoms with Crippen molar-refractivity contribution < 1.29 is 13.2 Å². The molecule has 1 aliphatic heterocycles. The van der Waals surface area contributed by atoms with Crippen LogP contribution in [-0.4, -0.2) is 37.3 Å². The first-order valence-corrected chi connectivity index (χ1v) is 7.39. The second kappa shape index (κ2) is 6.67. The van der Waals surface area contributed by atoms with Crippen molar-refractivity contribution in [3.8, 4) is 6.07 Å². The maximum atomic E-state index is 12.3. The maximum absolute atomic E-state index is 12.3. The number of rotatable bonds is 4. The van der Waals surface area contributed by atoms with Gasteiger partial charge in [0.2, 0.25) is 0 Å². The monoisotopic (exact) mass is 361 g/mol. The molecule has 0 amide bonds. The third-order valence-corrected chi connectivity index (χ3v) is 4.11. The van der Waals surface area contributed by atoms with Crippen LogP contribution >= 0.6 is 15.9 Å². The Morgan fingerprint density at radius 2 is 2.19 bits per heavy atom. The highest BCUT2D eigenvalue weighted by Crippen LogP contribution is 2.24. The van der Waals surface area contributed by atoms with E-state index in [2.05, 4.69) is 27.3 Å². The number of anilines is 1. The first-order valence-electron chi connectivity index (χ1n) is 6.60. The Kier molecular flexibility index (Phi) is 5.12. The summed E-state index contributed by atoms with van der Waals surface area (Å²) in [6.07, 6.45) is -3.36. The first kappa shape index (κ1) is 16.1. The summed E-state index contributed by atoms with van der Waals surface area (Å²) in [7, 11) is 0. The van der Waals surface area contributed by atoms with Gasteiger partial charge in [-0.1, -0.05) is 0 Å². The van der Waals surface area contributed by atoms with Gasteiger partial charge in [0.1, 0.15) is 6.07 Å². The van der Waals surface area contributed by atoms with Crippen molar-refractivity contribution in [1.82, 2.24) is 4.90 Å². The molecule has 1 aliphatic rings. The minimum Gasteiger partial charge on any atom is -0.385 e. The molecule has 1 fully saturated rings. The van der Waals surface area contributed by atoms with Crippen LogP contribution in [0.4, 0.5) is 18.9 Å². The molecule has 21 heavy (non-hydrogen) atoms. The third-order valence-electron chi connectivity index (χ3n) is 3.46. The molecular weight excluding hydrogens is 347 g/mol. The number of hydrogen-bond acceptors (Lipinski definition) is 3. The summed E-state index contributed by atoms with van der Waals surface area (Å²) < 4.78 is 37.6. The molecule has 2 rings (SSSR count). The first-order chi connectivity index (χ1) is 9.87. The van der Waals surface area contributed by atoms with Crippen molar-refractivity contribution in [2.24, 2.45) is 5.92 Å². The van der Waals surface area contributed by atoms with Gasteiger partial charge in [0.15, 0.2) is 0 Å². The van der Waals surface area contributed by atoms with Crippen molar-refractivity contribution >= 4 is 21.6 Å². The molecule has 0 aromatic heterocycles. The van der Waals surface area contributed by atoms with Crippen molar-refractivity contribution in [3.05, 3.63) is 28.2 Å². The number of nitrogens with zero attached hydrogens (tertiary/aromatic N) is 2. The summed E-state index contributed by atoms with van der Waals surface area (Å²) in [6.45, 7) is 0.755. The summed E-state index contributed by atoms with van der Waals surface area (Å²) in [5, 5.41) is 12.1. The molecule has 1 aromatic carbocycles. The molecule has 3 nitrogen and oxygen atoms in total. The smallest absolute Gasteiger partial charge is 0.385 e. The molecular formula is C14H15BrF3N3. The maximum Gasteiger partial charge on any atom is 0.401 e. The summed E-state index contributed by atoms with van der Waals surface area (Å²) in [5.41, 5.74) is 1.41. The van der Waals surface area contributed by atoms with Crippen LogP contribution in [-0.2, 0) is 0 Å². The van der Waals surface area contributed by atoms with Gasteiger partial charge in [0.25, 0.3) is 0 Å². The van der Waals surface area contributed by atoms with Crippen LogP contribution in [0.1, 0.15) is 12.0 Å². The van der Waals surface area contributed by atoms with E-state index in [1.807, 2.05) is 0 Å². The van der Waals surface area contributed by atoms with Crippen LogP contribution in [0.5, 0.6) is 0 Å². The van der Waals surface area contributed by atoms with E-state index in [4.69, 9.17) is 5.26 Å². The van der Waals surface area contributed by atoms with Gasteiger partial charge >= 0.3 is 6.18 Å². The van der Waals surface area contributed by atoms with E-state index in [9.17, 15) is 13.2 Å². The highest BCUT2D eigenvalue weighted by Gasteiger charge is 2.34. The zero-order chi connectivity index (χ0) is 15.5. The second-order valence-electron chi connectivity index (χ2n) is 5.19. The minimum atomic E-state index is -4.12. The van der Waals surface area contributed by atoms with Gasteiger partial charge in [-0.15, -0.1) is 0 Å². The van der Waals surface area contributed by atoms with Crippen LogP contribution in [0, 0.1) is 17.2 Å². The Balaban J connectivity index is 1.82. The lowest BCUT2D eigenvalue weighted by Crippen LogP contribution is -2.33. The molecule has 0 spiro atoms. The van der Waals surface area contributed by atoms with Gasteiger partial charge in [-0.3, -0.25) is 4.90 Å². The predicted molar refractivity (Wildman–Crippen MR) is 77.9 cm³/mol. The van der Waals surface area contributed by atoms with E-state index in [0.717, 1.165) is 12.1 Å². The molecule has 0 aliphatic carbocycles. The van der Waals surface area contributed by atoms with E-state index in [0.29, 0.717) is 29.7 Å². The minimum absolute atomic E-state index is 0.210. The molecule has 1 unspecified atom stereocenters. The quantitative estimate of drug-likeness (QED) is 0.890. The van der Waals surface area contributed by atoms with Crippen LogP contribution < -0.4 is 5.32 Å². The highest BCUT2D eigenvalue weighted by molar-refractivity contribution is 9.10. The topological polar surface area (TPSA) is 39.1 Å². The lowest BCUT2D eigenvalue weighted by molar-refractivity contribution is -0.143. The third kappa shape index (κ3) is 4.90.